The lowest BCUT2D eigenvalue weighted by molar-refractivity contribution is -0.115. The van der Waals surface area contributed by atoms with Gasteiger partial charge in [0.25, 0.3) is 0 Å². The molecule has 0 aliphatic rings. The number of amides is 1. The maximum atomic E-state index is 12.4. The molecule has 2 aromatic rings. The van der Waals surface area contributed by atoms with Gasteiger partial charge in [0.15, 0.2) is 11.5 Å². The zero-order valence-corrected chi connectivity index (χ0v) is 15.0. The van der Waals surface area contributed by atoms with Crippen molar-refractivity contribution in [1.29, 1.82) is 0 Å². The van der Waals surface area contributed by atoms with Crippen LogP contribution >= 0.6 is 11.8 Å². The molecule has 0 heterocycles. The highest BCUT2D eigenvalue weighted by atomic mass is 32.2. The van der Waals surface area contributed by atoms with Crippen LogP contribution in [0.5, 0.6) is 17.2 Å². The van der Waals surface area contributed by atoms with E-state index in [0.717, 1.165) is 4.90 Å². The monoisotopic (exact) mass is 347 g/mol. The lowest BCUT2D eigenvalue weighted by Crippen LogP contribution is -2.22. The van der Waals surface area contributed by atoms with Gasteiger partial charge < -0.3 is 19.5 Å². The van der Waals surface area contributed by atoms with Gasteiger partial charge in [0.1, 0.15) is 5.75 Å². The fraction of sp³-hybridized carbons (Fsp3) is 0.278. The second kappa shape index (κ2) is 8.49. The van der Waals surface area contributed by atoms with Crippen LogP contribution in [0.4, 0.5) is 5.69 Å². The molecule has 0 aliphatic heterocycles. The van der Waals surface area contributed by atoms with Crippen LogP contribution in [0, 0.1) is 0 Å². The van der Waals surface area contributed by atoms with Gasteiger partial charge in [0.2, 0.25) is 5.91 Å². The van der Waals surface area contributed by atoms with E-state index < -0.39 is 0 Å². The van der Waals surface area contributed by atoms with E-state index in [1.807, 2.05) is 43.3 Å². The summed E-state index contributed by atoms with van der Waals surface area (Å²) in [6.07, 6.45) is 0. The average molecular weight is 347 g/mol. The molecule has 0 spiro atoms. The summed E-state index contributed by atoms with van der Waals surface area (Å²) in [6, 6.07) is 12.9. The van der Waals surface area contributed by atoms with Crippen molar-refractivity contribution in [3.8, 4) is 17.2 Å². The summed E-state index contributed by atoms with van der Waals surface area (Å²) < 4.78 is 15.7. The zero-order chi connectivity index (χ0) is 17.5. The topological polar surface area (TPSA) is 56.8 Å². The highest BCUT2D eigenvalue weighted by Crippen LogP contribution is 2.33. The smallest absolute Gasteiger partial charge is 0.237 e. The Hall–Kier alpha value is -2.34. The third kappa shape index (κ3) is 4.58. The number of benzene rings is 2. The number of ether oxygens (including phenoxy) is 3. The number of nitrogens with one attached hydrogen (secondary N) is 1. The predicted molar refractivity (Wildman–Crippen MR) is 96.5 cm³/mol. The fourth-order valence-corrected chi connectivity index (χ4v) is 2.99. The fourth-order valence-electron chi connectivity index (χ4n) is 2.09. The van der Waals surface area contributed by atoms with Crippen LogP contribution in [0.1, 0.15) is 6.92 Å². The van der Waals surface area contributed by atoms with E-state index in [9.17, 15) is 4.79 Å². The zero-order valence-electron chi connectivity index (χ0n) is 14.2. The largest absolute Gasteiger partial charge is 0.497 e. The summed E-state index contributed by atoms with van der Waals surface area (Å²) in [5.74, 6) is 1.93. The van der Waals surface area contributed by atoms with Crippen LogP contribution in [0.15, 0.2) is 47.4 Å². The molecule has 0 fully saturated rings. The second-order valence-corrected chi connectivity index (χ2v) is 6.41. The molecule has 0 saturated heterocycles. The van der Waals surface area contributed by atoms with Crippen molar-refractivity contribution in [3.63, 3.8) is 0 Å². The molecule has 6 heteroatoms. The van der Waals surface area contributed by atoms with Gasteiger partial charge in [-0.05, 0) is 37.3 Å². The maximum Gasteiger partial charge on any atom is 0.237 e. The summed E-state index contributed by atoms with van der Waals surface area (Å²) >= 11 is 1.45. The first-order chi connectivity index (χ1) is 11.6. The lowest BCUT2D eigenvalue weighted by atomic mass is 10.3. The van der Waals surface area contributed by atoms with Crippen molar-refractivity contribution >= 4 is 23.4 Å². The molecular weight excluding hydrogens is 326 g/mol. The van der Waals surface area contributed by atoms with Crippen LogP contribution in [-0.2, 0) is 4.79 Å². The maximum absolute atomic E-state index is 12.4. The quantitative estimate of drug-likeness (QED) is 0.772. The van der Waals surface area contributed by atoms with Crippen molar-refractivity contribution in [2.45, 2.75) is 17.1 Å². The number of hydrogen-bond acceptors (Lipinski definition) is 5. The summed E-state index contributed by atoms with van der Waals surface area (Å²) in [5.41, 5.74) is 0.708. The van der Waals surface area contributed by atoms with E-state index >= 15 is 0 Å². The third-order valence-corrected chi connectivity index (χ3v) is 4.47. The molecule has 2 aromatic carbocycles. The predicted octanol–water partition coefficient (Wildman–Crippen LogP) is 3.83. The normalized spacial score (nSPS) is 11.5. The molecule has 0 saturated carbocycles. The number of carbonyl (C=O) groups is 1. The molecule has 1 amide bonds. The molecule has 0 bridgehead atoms. The van der Waals surface area contributed by atoms with E-state index in [-0.39, 0.29) is 11.2 Å². The minimum Gasteiger partial charge on any atom is -0.497 e. The summed E-state index contributed by atoms with van der Waals surface area (Å²) in [4.78, 5) is 13.3. The van der Waals surface area contributed by atoms with Crippen molar-refractivity contribution < 1.29 is 19.0 Å². The first-order valence-corrected chi connectivity index (χ1v) is 8.29. The van der Waals surface area contributed by atoms with Gasteiger partial charge >= 0.3 is 0 Å². The molecular formula is C18H21NO4S. The number of methoxy groups -OCH3 is 3. The molecule has 1 atom stereocenters. The Kier molecular flexibility index (Phi) is 6.37. The molecule has 0 unspecified atom stereocenters. The number of anilines is 1. The second-order valence-electron chi connectivity index (χ2n) is 5.00. The summed E-state index contributed by atoms with van der Waals surface area (Å²) in [6.45, 7) is 1.86. The lowest BCUT2D eigenvalue weighted by Gasteiger charge is -2.14. The first kappa shape index (κ1) is 18.0. The van der Waals surface area contributed by atoms with Gasteiger partial charge in [-0.3, -0.25) is 4.79 Å². The number of rotatable bonds is 7. The standard InChI is InChI=1S/C18H21NO4S/c1-12(18(20)19-13-6-5-7-14(10-13)21-2)24-15-8-9-16(22-3)17(11-15)23-4/h5-12H,1-4H3,(H,19,20)/t12-/m1/s1. The van der Waals surface area contributed by atoms with E-state index in [0.29, 0.717) is 22.9 Å². The molecule has 1 N–H and O–H groups in total. The number of hydrogen-bond donors (Lipinski definition) is 1. The molecule has 0 radical (unpaired) electrons. The van der Waals surface area contributed by atoms with Crippen LogP contribution in [0.25, 0.3) is 0 Å². The van der Waals surface area contributed by atoms with E-state index in [1.165, 1.54) is 11.8 Å². The molecule has 2 rings (SSSR count). The number of carbonyl (C=O) groups excluding carboxylic acids is 1. The number of thioether (sulfide) groups is 1. The molecule has 5 nitrogen and oxygen atoms in total. The Morgan fingerprint density at radius 1 is 1.00 bits per heavy atom. The van der Waals surface area contributed by atoms with Crippen LogP contribution < -0.4 is 19.5 Å². The van der Waals surface area contributed by atoms with Gasteiger partial charge in [0, 0.05) is 16.6 Å². The van der Waals surface area contributed by atoms with Crippen LogP contribution in [0.3, 0.4) is 0 Å². The third-order valence-electron chi connectivity index (χ3n) is 3.37. The van der Waals surface area contributed by atoms with Gasteiger partial charge in [-0.15, -0.1) is 11.8 Å². The van der Waals surface area contributed by atoms with Crippen molar-refractivity contribution in [3.05, 3.63) is 42.5 Å². The minimum absolute atomic E-state index is 0.0805. The highest BCUT2D eigenvalue weighted by molar-refractivity contribution is 8.00. The highest BCUT2D eigenvalue weighted by Gasteiger charge is 2.16. The van der Waals surface area contributed by atoms with Crippen LogP contribution in [0.2, 0.25) is 0 Å². The van der Waals surface area contributed by atoms with Gasteiger partial charge in [-0.1, -0.05) is 6.07 Å². The van der Waals surface area contributed by atoms with E-state index in [4.69, 9.17) is 14.2 Å². The van der Waals surface area contributed by atoms with E-state index in [2.05, 4.69) is 5.32 Å². The van der Waals surface area contributed by atoms with Crippen molar-refractivity contribution in [2.24, 2.45) is 0 Å². The van der Waals surface area contributed by atoms with E-state index in [1.54, 1.807) is 27.4 Å². The summed E-state index contributed by atoms with van der Waals surface area (Å²) in [7, 11) is 4.77. The Bertz CT molecular complexity index is 705. The Morgan fingerprint density at radius 2 is 1.75 bits per heavy atom. The minimum atomic E-state index is -0.269. The van der Waals surface area contributed by atoms with Gasteiger partial charge in [0.05, 0.1) is 26.6 Å². The molecule has 24 heavy (non-hydrogen) atoms. The molecule has 0 aliphatic carbocycles. The molecule has 128 valence electrons. The van der Waals surface area contributed by atoms with Gasteiger partial charge in [-0.25, -0.2) is 0 Å². The Balaban J connectivity index is 2.03. The van der Waals surface area contributed by atoms with Gasteiger partial charge in [-0.2, -0.15) is 0 Å². The molecule has 0 aromatic heterocycles. The Labute approximate surface area is 146 Å². The SMILES string of the molecule is COc1cccc(NC(=O)[C@@H](C)Sc2ccc(OC)c(OC)c2)c1. The average Bonchev–Trinajstić information content (AvgIpc) is 2.61. The van der Waals surface area contributed by atoms with Crippen molar-refractivity contribution in [2.75, 3.05) is 26.6 Å². The summed E-state index contributed by atoms with van der Waals surface area (Å²) in [5, 5.41) is 2.62. The van der Waals surface area contributed by atoms with Crippen molar-refractivity contribution in [1.82, 2.24) is 0 Å². The Morgan fingerprint density at radius 3 is 2.42 bits per heavy atom. The van der Waals surface area contributed by atoms with Crippen LogP contribution in [-0.4, -0.2) is 32.5 Å². The first-order valence-electron chi connectivity index (χ1n) is 7.41.